The Balaban J connectivity index is 2.17. The molecule has 1 heterocycles. The highest BCUT2D eigenvalue weighted by Gasteiger charge is 2.26. The first kappa shape index (κ1) is 11.9. The minimum Gasteiger partial charge on any atom is -0.489 e. The first-order valence-electron chi connectivity index (χ1n) is 5.57. The van der Waals surface area contributed by atoms with Crippen molar-refractivity contribution < 1.29 is 19.4 Å². The van der Waals surface area contributed by atoms with Gasteiger partial charge in [-0.15, -0.1) is 0 Å². The minimum absolute atomic E-state index is 0.0366. The molecule has 1 aromatic rings. The fourth-order valence-corrected chi connectivity index (χ4v) is 1.61. The van der Waals surface area contributed by atoms with Crippen molar-refractivity contribution >= 4 is 5.97 Å². The van der Waals surface area contributed by atoms with E-state index in [-0.39, 0.29) is 5.69 Å². The molecule has 0 amide bonds. The van der Waals surface area contributed by atoms with Gasteiger partial charge in [-0.1, -0.05) is 0 Å². The van der Waals surface area contributed by atoms with E-state index in [1.54, 1.807) is 19.4 Å². The lowest BCUT2D eigenvalue weighted by Crippen LogP contribution is -2.10. The highest BCUT2D eigenvalue weighted by Crippen LogP contribution is 2.41. The first-order chi connectivity index (χ1) is 8.22. The number of aromatic nitrogens is 1. The van der Waals surface area contributed by atoms with Crippen molar-refractivity contribution in [1.29, 1.82) is 0 Å². The van der Waals surface area contributed by atoms with Crippen molar-refractivity contribution in [3.8, 4) is 5.75 Å². The lowest BCUT2D eigenvalue weighted by Gasteiger charge is -2.09. The number of aromatic carboxylic acids is 1. The van der Waals surface area contributed by atoms with Gasteiger partial charge in [0.2, 0.25) is 0 Å². The zero-order valence-corrected chi connectivity index (χ0v) is 9.68. The van der Waals surface area contributed by atoms with E-state index in [0.29, 0.717) is 24.9 Å². The normalized spacial score (nSPS) is 14.6. The van der Waals surface area contributed by atoms with E-state index >= 15 is 0 Å². The second kappa shape index (κ2) is 5.14. The van der Waals surface area contributed by atoms with E-state index in [2.05, 4.69) is 4.98 Å². The average Bonchev–Trinajstić information content (AvgIpc) is 3.13. The second-order valence-electron chi connectivity index (χ2n) is 4.04. The van der Waals surface area contributed by atoms with E-state index in [1.807, 2.05) is 0 Å². The van der Waals surface area contributed by atoms with Crippen LogP contribution in [0.25, 0.3) is 0 Å². The summed E-state index contributed by atoms with van der Waals surface area (Å²) in [5.41, 5.74) is 1.02. The summed E-state index contributed by atoms with van der Waals surface area (Å²) in [5, 5.41) is 8.99. The Labute approximate surface area is 99.4 Å². The average molecular weight is 237 g/mol. The number of carbonyl (C=O) groups is 1. The van der Waals surface area contributed by atoms with Gasteiger partial charge in [0, 0.05) is 13.3 Å². The van der Waals surface area contributed by atoms with E-state index in [9.17, 15) is 4.79 Å². The van der Waals surface area contributed by atoms with Crippen molar-refractivity contribution in [2.45, 2.75) is 18.8 Å². The molecule has 5 nitrogen and oxygen atoms in total. The smallest absolute Gasteiger partial charge is 0.358 e. The maximum Gasteiger partial charge on any atom is 0.358 e. The summed E-state index contributed by atoms with van der Waals surface area (Å²) in [6.07, 6.45) is 3.92. The third-order valence-electron chi connectivity index (χ3n) is 2.67. The van der Waals surface area contributed by atoms with Crippen LogP contribution in [0.5, 0.6) is 5.75 Å². The number of carboxylic acids is 1. The van der Waals surface area contributed by atoms with Crippen LogP contribution >= 0.6 is 0 Å². The minimum atomic E-state index is -1.07. The fourth-order valence-electron chi connectivity index (χ4n) is 1.61. The van der Waals surface area contributed by atoms with Crippen LogP contribution in [0.4, 0.5) is 0 Å². The highest BCUT2D eigenvalue weighted by atomic mass is 16.5. The van der Waals surface area contributed by atoms with Crippen LogP contribution in [-0.4, -0.2) is 36.4 Å². The molecule has 17 heavy (non-hydrogen) atoms. The molecule has 0 spiro atoms. The first-order valence-corrected chi connectivity index (χ1v) is 5.57. The van der Waals surface area contributed by atoms with Crippen molar-refractivity contribution in [3.05, 3.63) is 23.5 Å². The molecule has 5 heteroatoms. The maximum absolute atomic E-state index is 11.0. The Kier molecular flexibility index (Phi) is 3.58. The standard InChI is InChI=1S/C12H15NO4/c1-16-4-5-17-10-6-9(8-2-3-8)7-13-11(10)12(14)15/h6-8H,2-5H2,1H3,(H,14,15). The van der Waals surface area contributed by atoms with E-state index < -0.39 is 5.97 Å². The van der Waals surface area contributed by atoms with Gasteiger partial charge in [-0.3, -0.25) is 0 Å². The molecule has 2 rings (SSSR count). The summed E-state index contributed by atoms with van der Waals surface area (Å²) in [5.74, 6) is -0.214. The number of carboxylic acid groups (broad SMARTS) is 1. The summed E-state index contributed by atoms with van der Waals surface area (Å²) < 4.78 is 10.3. The summed E-state index contributed by atoms with van der Waals surface area (Å²) in [4.78, 5) is 14.9. The molecule has 1 aliphatic rings. The number of pyridine rings is 1. The monoisotopic (exact) mass is 237 g/mol. The number of nitrogens with zero attached hydrogens (tertiary/aromatic N) is 1. The molecular weight excluding hydrogens is 222 g/mol. The molecule has 0 atom stereocenters. The van der Waals surface area contributed by atoms with Gasteiger partial charge in [-0.05, 0) is 30.4 Å². The molecule has 0 radical (unpaired) electrons. The number of ether oxygens (including phenoxy) is 2. The van der Waals surface area contributed by atoms with Crippen LogP contribution in [0.1, 0.15) is 34.8 Å². The lowest BCUT2D eigenvalue weighted by atomic mass is 10.1. The molecule has 1 aromatic heterocycles. The third-order valence-corrected chi connectivity index (χ3v) is 2.67. The second-order valence-corrected chi connectivity index (χ2v) is 4.04. The van der Waals surface area contributed by atoms with Gasteiger partial charge in [0.15, 0.2) is 11.4 Å². The molecule has 0 unspecified atom stereocenters. The van der Waals surface area contributed by atoms with Crippen LogP contribution < -0.4 is 4.74 Å². The summed E-state index contributed by atoms with van der Waals surface area (Å²) >= 11 is 0. The summed E-state index contributed by atoms with van der Waals surface area (Å²) in [7, 11) is 1.57. The molecule has 1 aliphatic carbocycles. The number of hydrogen-bond donors (Lipinski definition) is 1. The summed E-state index contributed by atoms with van der Waals surface area (Å²) in [6, 6.07) is 1.78. The molecule has 92 valence electrons. The van der Waals surface area contributed by atoms with Crippen molar-refractivity contribution in [2.75, 3.05) is 20.3 Å². The largest absolute Gasteiger partial charge is 0.489 e. The van der Waals surface area contributed by atoms with E-state index in [1.165, 1.54) is 0 Å². The van der Waals surface area contributed by atoms with E-state index in [0.717, 1.165) is 18.4 Å². The highest BCUT2D eigenvalue weighted by molar-refractivity contribution is 5.88. The number of methoxy groups -OCH3 is 1. The Bertz CT molecular complexity index is 415. The Hall–Kier alpha value is -1.62. The van der Waals surface area contributed by atoms with Crippen LogP contribution in [0.3, 0.4) is 0 Å². The Morgan fingerprint density at radius 3 is 2.88 bits per heavy atom. The predicted octanol–water partition coefficient (Wildman–Crippen LogP) is 1.68. The van der Waals surface area contributed by atoms with Gasteiger partial charge in [0.05, 0.1) is 6.61 Å². The topological polar surface area (TPSA) is 68.7 Å². The van der Waals surface area contributed by atoms with Gasteiger partial charge in [-0.2, -0.15) is 0 Å². The molecule has 0 saturated heterocycles. The number of hydrogen-bond acceptors (Lipinski definition) is 4. The van der Waals surface area contributed by atoms with Gasteiger partial charge >= 0.3 is 5.97 Å². The lowest BCUT2D eigenvalue weighted by molar-refractivity contribution is 0.0682. The fraction of sp³-hybridized carbons (Fsp3) is 0.500. The Morgan fingerprint density at radius 2 is 2.29 bits per heavy atom. The van der Waals surface area contributed by atoms with Gasteiger partial charge in [0.1, 0.15) is 6.61 Å². The molecule has 0 aromatic carbocycles. The van der Waals surface area contributed by atoms with Crippen molar-refractivity contribution in [2.24, 2.45) is 0 Å². The zero-order valence-electron chi connectivity index (χ0n) is 9.68. The van der Waals surface area contributed by atoms with Gasteiger partial charge in [0.25, 0.3) is 0 Å². The van der Waals surface area contributed by atoms with Crippen LogP contribution in [0.2, 0.25) is 0 Å². The number of rotatable bonds is 6. The van der Waals surface area contributed by atoms with E-state index in [4.69, 9.17) is 14.6 Å². The van der Waals surface area contributed by atoms with Crippen molar-refractivity contribution in [3.63, 3.8) is 0 Å². The Morgan fingerprint density at radius 1 is 1.53 bits per heavy atom. The van der Waals surface area contributed by atoms with Gasteiger partial charge in [-0.25, -0.2) is 9.78 Å². The van der Waals surface area contributed by atoms with Crippen LogP contribution in [-0.2, 0) is 4.74 Å². The quantitative estimate of drug-likeness (QED) is 0.762. The predicted molar refractivity (Wildman–Crippen MR) is 60.5 cm³/mol. The molecule has 1 saturated carbocycles. The molecule has 0 bridgehead atoms. The van der Waals surface area contributed by atoms with Crippen LogP contribution in [0, 0.1) is 0 Å². The third kappa shape index (κ3) is 2.94. The molecular formula is C12H15NO4. The molecule has 1 N–H and O–H groups in total. The SMILES string of the molecule is COCCOc1cc(C2CC2)cnc1C(=O)O. The molecule has 0 aliphatic heterocycles. The van der Waals surface area contributed by atoms with Gasteiger partial charge < -0.3 is 14.6 Å². The van der Waals surface area contributed by atoms with Crippen molar-refractivity contribution in [1.82, 2.24) is 4.98 Å². The maximum atomic E-state index is 11.0. The summed E-state index contributed by atoms with van der Waals surface area (Å²) in [6.45, 7) is 0.749. The zero-order chi connectivity index (χ0) is 12.3. The molecule has 1 fully saturated rings. The van der Waals surface area contributed by atoms with Crippen LogP contribution in [0.15, 0.2) is 12.3 Å².